The van der Waals surface area contributed by atoms with Gasteiger partial charge in [0.1, 0.15) is 55.8 Å². The van der Waals surface area contributed by atoms with E-state index in [0.717, 1.165) is 55.8 Å². The predicted octanol–water partition coefficient (Wildman–Crippen LogP) is 43.3. The molecule has 150 heavy (non-hydrogen) atoms. The van der Waals surface area contributed by atoms with E-state index in [-0.39, 0.29) is 27.1 Å². The van der Waals surface area contributed by atoms with Crippen molar-refractivity contribution in [2.45, 2.75) is 166 Å². The Hall–Kier alpha value is -16.6. The quantitative estimate of drug-likeness (QED) is 0.142. The lowest BCUT2D eigenvalue weighted by Gasteiger charge is -2.21. The van der Waals surface area contributed by atoms with Crippen molar-refractivity contribution in [2.75, 3.05) is 0 Å². The van der Waals surface area contributed by atoms with Crippen LogP contribution in [-0.2, 0) is 27.1 Å². The van der Waals surface area contributed by atoms with E-state index >= 15 is 0 Å². The van der Waals surface area contributed by atoms with Crippen LogP contribution in [0.2, 0.25) is 0 Å². The average molecular weight is 1940 g/mol. The molecule has 30 aromatic rings. The standard InChI is InChI=1S/5C29H24O/c2*1-17-13-14-22-25-15-23-20-11-7-5-9-18(20)19-10-6-8-12-21(19)24(23)16-26(25)30-28(22)27(17)29(2,3)4;2*1-17-13-14-24-23-16-15-22-20-11-6-5-9-18(20)19-10-7-8-12-21(19)25(22)27(23)30-28(24)26(17)29(2,3)4;1-17-13-14-23-26-24(30-28(23)27(17)29(2,3)4)16-15-22-20-11-6-5-9-18(20)19-10-7-8-12-21(19)25(22)26/h5*5-16H,1-4H3. The molecule has 5 heterocycles. The zero-order chi connectivity index (χ0) is 103. The molecule has 0 aliphatic carbocycles. The van der Waals surface area contributed by atoms with E-state index < -0.39 is 0 Å². The van der Waals surface area contributed by atoms with Gasteiger partial charge in [0.05, 0.1) is 0 Å². The van der Waals surface area contributed by atoms with Crippen molar-refractivity contribution >= 4 is 271 Å². The molecule has 30 rings (SSSR count). The van der Waals surface area contributed by atoms with Crippen LogP contribution >= 0.6 is 0 Å². The average Bonchev–Trinajstić information content (AvgIpc) is 1.54. The van der Waals surface area contributed by atoms with Crippen LogP contribution < -0.4 is 0 Å². The minimum Gasteiger partial charge on any atom is -0.456 e. The Morgan fingerprint density at radius 3 is 0.553 bits per heavy atom. The van der Waals surface area contributed by atoms with Crippen LogP contribution in [0.5, 0.6) is 0 Å². The Balaban J connectivity index is 0.0000000945. The molecule has 5 heteroatoms. The van der Waals surface area contributed by atoms with E-state index in [9.17, 15) is 0 Å². The summed E-state index contributed by atoms with van der Waals surface area (Å²) in [5.74, 6) is 0. The molecule has 5 nitrogen and oxygen atoms in total. The van der Waals surface area contributed by atoms with Crippen LogP contribution in [0.3, 0.4) is 0 Å². The first-order valence-corrected chi connectivity index (χ1v) is 53.2. The summed E-state index contributed by atoms with van der Waals surface area (Å²) >= 11 is 0. The topological polar surface area (TPSA) is 65.7 Å². The van der Waals surface area contributed by atoms with Crippen LogP contribution in [-0.4, -0.2) is 0 Å². The van der Waals surface area contributed by atoms with Crippen LogP contribution in [0, 0.1) is 34.6 Å². The highest BCUT2D eigenvalue weighted by molar-refractivity contribution is 6.38. The van der Waals surface area contributed by atoms with Gasteiger partial charge in [-0.15, -0.1) is 0 Å². The molecular formula is C145H120O5. The maximum Gasteiger partial charge on any atom is 0.143 e. The summed E-state index contributed by atoms with van der Waals surface area (Å²) in [6, 6.07) is 132. The van der Waals surface area contributed by atoms with Gasteiger partial charge in [0.25, 0.3) is 0 Å². The number of hydrogen-bond donors (Lipinski definition) is 0. The van der Waals surface area contributed by atoms with E-state index in [1.165, 1.54) is 271 Å². The van der Waals surface area contributed by atoms with Gasteiger partial charge in [-0.05, 0) is 283 Å². The lowest BCUT2D eigenvalue weighted by molar-refractivity contribution is 0.568. The van der Waals surface area contributed by atoms with Crippen molar-refractivity contribution < 1.29 is 22.1 Å². The normalized spacial score (nSPS) is 12.7. The monoisotopic (exact) mass is 1940 g/mol. The van der Waals surface area contributed by atoms with E-state index in [1.807, 2.05) is 0 Å². The first-order chi connectivity index (χ1) is 72.2. The third kappa shape index (κ3) is 14.6. The van der Waals surface area contributed by atoms with Gasteiger partial charge in [-0.3, -0.25) is 0 Å². The molecule has 0 saturated carbocycles. The predicted molar refractivity (Wildman–Crippen MR) is 648 cm³/mol. The van der Waals surface area contributed by atoms with Crippen molar-refractivity contribution in [3.63, 3.8) is 0 Å². The first-order valence-electron chi connectivity index (χ1n) is 53.2. The summed E-state index contributed by atoms with van der Waals surface area (Å²) < 4.78 is 33.2. The first kappa shape index (κ1) is 93.2. The van der Waals surface area contributed by atoms with Crippen LogP contribution in [0.1, 0.15) is 159 Å². The van der Waals surface area contributed by atoms with Gasteiger partial charge in [-0.1, -0.05) is 419 Å². The third-order valence-corrected chi connectivity index (χ3v) is 32.3. The molecule has 0 amide bonds. The molecule has 25 aromatic carbocycles. The van der Waals surface area contributed by atoms with E-state index in [4.69, 9.17) is 22.1 Å². The fourth-order valence-corrected chi connectivity index (χ4v) is 26.5. The fraction of sp³-hybridized carbons (Fsp3) is 0.172. The molecule has 0 spiro atoms. The van der Waals surface area contributed by atoms with E-state index in [0.29, 0.717) is 0 Å². The fourth-order valence-electron chi connectivity index (χ4n) is 26.5. The molecular weight excluding hydrogens is 1820 g/mol. The Morgan fingerprint density at radius 1 is 0.120 bits per heavy atom. The van der Waals surface area contributed by atoms with Crippen LogP contribution in [0.25, 0.3) is 271 Å². The lowest BCUT2D eigenvalue weighted by atomic mass is 9.82. The van der Waals surface area contributed by atoms with Crippen molar-refractivity contribution in [2.24, 2.45) is 0 Å². The van der Waals surface area contributed by atoms with Gasteiger partial charge in [-0.25, -0.2) is 0 Å². The molecule has 5 aromatic heterocycles. The Kier molecular flexibility index (Phi) is 21.3. The van der Waals surface area contributed by atoms with Gasteiger partial charge in [0.15, 0.2) is 0 Å². The number of benzene rings is 25. The SMILES string of the molecule is Cc1ccc2c(oc3c2ccc2c4ccccc4c4ccccc4c23)c1C(C)(C)C.Cc1ccc2c(oc3c2ccc2c4ccccc4c4ccccc4c23)c1C(C)(C)C.Cc1ccc2c(oc3cc4c5ccccc5c5ccccc5c4cc32)c1C(C)(C)C.Cc1ccc2c(oc3cc4c5ccccc5c5ccccc5c4cc32)c1C(C)(C)C.Cc1ccc2c(oc3ccc4c5ccccc5c5ccccc5c4c32)c1C(C)(C)C. The maximum atomic E-state index is 6.76. The highest BCUT2D eigenvalue weighted by Gasteiger charge is 2.32. The van der Waals surface area contributed by atoms with Gasteiger partial charge in [0.2, 0.25) is 0 Å². The highest BCUT2D eigenvalue weighted by Crippen LogP contribution is 2.53. The molecule has 0 aliphatic rings. The van der Waals surface area contributed by atoms with E-state index in [2.05, 4.69) is 502 Å². The number of hydrogen-bond acceptors (Lipinski definition) is 5. The van der Waals surface area contributed by atoms with Gasteiger partial charge >= 0.3 is 0 Å². The number of furan rings is 5. The van der Waals surface area contributed by atoms with Gasteiger partial charge in [-0.2, -0.15) is 0 Å². The van der Waals surface area contributed by atoms with Crippen LogP contribution in [0.15, 0.2) is 386 Å². The zero-order valence-electron chi connectivity index (χ0n) is 89.2. The van der Waals surface area contributed by atoms with Crippen LogP contribution in [0.4, 0.5) is 0 Å². The molecule has 0 atom stereocenters. The molecule has 0 radical (unpaired) electrons. The zero-order valence-corrected chi connectivity index (χ0v) is 89.2. The van der Waals surface area contributed by atoms with Crippen molar-refractivity contribution in [1.82, 2.24) is 0 Å². The Bertz CT molecular complexity index is 10200. The molecule has 0 N–H and O–H groups in total. The Labute approximate surface area is 872 Å². The third-order valence-electron chi connectivity index (χ3n) is 32.3. The van der Waals surface area contributed by atoms with Gasteiger partial charge in [0, 0.05) is 97.8 Å². The number of aryl methyl sites for hydroxylation is 5. The van der Waals surface area contributed by atoms with E-state index in [1.54, 1.807) is 0 Å². The van der Waals surface area contributed by atoms with Crippen molar-refractivity contribution in [3.05, 3.63) is 420 Å². The molecule has 0 bridgehead atoms. The molecule has 730 valence electrons. The largest absolute Gasteiger partial charge is 0.456 e. The lowest BCUT2D eigenvalue weighted by Crippen LogP contribution is -2.13. The molecule has 0 saturated heterocycles. The molecule has 0 aliphatic heterocycles. The highest BCUT2D eigenvalue weighted by atomic mass is 16.3. The number of fused-ring (bicyclic) bond motifs is 48. The molecule has 0 unspecified atom stereocenters. The summed E-state index contributed by atoms with van der Waals surface area (Å²) in [6.07, 6.45) is 0. The summed E-state index contributed by atoms with van der Waals surface area (Å²) in [6.45, 7) is 44.9. The molecule has 0 fully saturated rings. The minimum absolute atomic E-state index is 0.0159. The Morgan fingerprint density at radius 2 is 0.287 bits per heavy atom. The smallest absolute Gasteiger partial charge is 0.143 e. The summed E-state index contributed by atoms with van der Waals surface area (Å²) in [7, 11) is 0. The second-order valence-electron chi connectivity index (χ2n) is 47.3. The van der Waals surface area contributed by atoms with Gasteiger partial charge < -0.3 is 22.1 Å². The minimum atomic E-state index is 0.0159. The summed E-state index contributed by atoms with van der Waals surface area (Å²) in [5, 5.41) is 50.4. The maximum absolute atomic E-state index is 6.76. The second kappa shape index (κ2) is 34.2. The number of rotatable bonds is 0. The second-order valence-corrected chi connectivity index (χ2v) is 47.3. The van der Waals surface area contributed by atoms with Crippen molar-refractivity contribution in [3.8, 4) is 0 Å². The summed E-state index contributed by atoms with van der Waals surface area (Å²) in [4.78, 5) is 0. The summed E-state index contributed by atoms with van der Waals surface area (Å²) in [5.41, 5.74) is 23.1. The van der Waals surface area contributed by atoms with Crippen molar-refractivity contribution in [1.29, 1.82) is 0 Å².